The van der Waals surface area contributed by atoms with Crippen molar-refractivity contribution < 1.29 is 9.53 Å². The standard InChI is InChI=1S/C15H14N2O2S/c1-3-19-13-5-4-10(2)8-11(13)14-12(9-18)17-6-7-20-15(17)16-14/h4-9H,3H2,1-2H3. The number of imidazole rings is 1. The minimum atomic E-state index is 0.563. The van der Waals surface area contributed by atoms with Gasteiger partial charge in [-0.25, -0.2) is 4.98 Å². The Labute approximate surface area is 120 Å². The zero-order valence-electron chi connectivity index (χ0n) is 11.3. The third-order valence-corrected chi connectivity index (χ3v) is 3.86. The SMILES string of the molecule is CCOc1ccc(C)cc1-c1nc2sccn2c1C=O. The molecule has 4 nitrogen and oxygen atoms in total. The number of hydrogen-bond donors (Lipinski definition) is 0. The van der Waals surface area contributed by atoms with Crippen molar-refractivity contribution in [2.45, 2.75) is 13.8 Å². The number of fused-ring (bicyclic) bond motifs is 1. The first-order valence-corrected chi connectivity index (χ1v) is 7.27. The van der Waals surface area contributed by atoms with E-state index in [1.54, 1.807) is 0 Å². The lowest BCUT2D eigenvalue weighted by atomic mass is 10.1. The third-order valence-electron chi connectivity index (χ3n) is 3.10. The summed E-state index contributed by atoms with van der Waals surface area (Å²) in [6, 6.07) is 5.92. The molecule has 0 bridgehead atoms. The lowest BCUT2D eigenvalue weighted by Gasteiger charge is -2.09. The smallest absolute Gasteiger partial charge is 0.194 e. The van der Waals surface area contributed by atoms with E-state index < -0.39 is 0 Å². The molecule has 0 N–H and O–H groups in total. The van der Waals surface area contributed by atoms with Crippen molar-refractivity contribution in [2.24, 2.45) is 0 Å². The van der Waals surface area contributed by atoms with E-state index in [1.807, 2.05) is 48.0 Å². The van der Waals surface area contributed by atoms with Gasteiger partial charge >= 0.3 is 0 Å². The van der Waals surface area contributed by atoms with E-state index in [0.717, 1.165) is 28.1 Å². The zero-order valence-corrected chi connectivity index (χ0v) is 12.1. The first-order valence-electron chi connectivity index (χ1n) is 6.39. The third kappa shape index (κ3) is 2.00. The average Bonchev–Trinajstić information content (AvgIpc) is 3.01. The fourth-order valence-electron chi connectivity index (χ4n) is 2.22. The van der Waals surface area contributed by atoms with Gasteiger partial charge in [0.2, 0.25) is 0 Å². The van der Waals surface area contributed by atoms with Gasteiger partial charge in [-0.15, -0.1) is 11.3 Å². The van der Waals surface area contributed by atoms with Gasteiger partial charge in [0.05, 0.1) is 6.61 Å². The van der Waals surface area contributed by atoms with Crippen molar-refractivity contribution in [1.29, 1.82) is 0 Å². The van der Waals surface area contributed by atoms with Crippen LogP contribution in [0.2, 0.25) is 0 Å². The molecule has 3 rings (SSSR count). The number of aryl methyl sites for hydroxylation is 1. The van der Waals surface area contributed by atoms with Crippen molar-refractivity contribution in [1.82, 2.24) is 9.38 Å². The Morgan fingerprint density at radius 1 is 1.45 bits per heavy atom. The maximum absolute atomic E-state index is 11.4. The lowest BCUT2D eigenvalue weighted by Crippen LogP contribution is -1.97. The Morgan fingerprint density at radius 3 is 3.05 bits per heavy atom. The highest BCUT2D eigenvalue weighted by Crippen LogP contribution is 2.33. The normalized spacial score (nSPS) is 10.9. The Hall–Kier alpha value is -2.14. The van der Waals surface area contributed by atoms with Crippen LogP contribution in [-0.4, -0.2) is 22.3 Å². The molecule has 0 aliphatic rings. The van der Waals surface area contributed by atoms with Gasteiger partial charge in [0.25, 0.3) is 0 Å². The molecule has 0 fully saturated rings. The number of carbonyl (C=O) groups excluding carboxylic acids is 1. The van der Waals surface area contributed by atoms with E-state index in [0.29, 0.717) is 18.0 Å². The topological polar surface area (TPSA) is 43.6 Å². The van der Waals surface area contributed by atoms with Crippen LogP contribution in [0.4, 0.5) is 0 Å². The summed E-state index contributed by atoms with van der Waals surface area (Å²) in [6.07, 6.45) is 2.70. The van der Waals surface area contributed by atoms with Gasteiger partial charge in [-0.3, -0.25) is 9.20 Å². The van der Waals surface area contributed by atoms with Gasteiger partial charge in [-0.05, 0) is 26.0 Å². The molecule has 2 heterocycles. The van der Waals surface area contributed by atoms with Crippen molar-refractivity contribution in [3.8, 4) is 17.0 Å². The number of hydrogen-bond acceptors (Lipinski definition) is 4. The highest BCUT2D eigenvalue weighted by atomic mass is 32.1. The van der Waals surface area contributed by atoms with Crippen molar-refractivity contribution in [3.05, 3.63) is 41.0 Å². The number of aldehydes is 1. The average molecular weight is 286 g/mol. The molecule has 0 aliphatic heterocycles. The van der Waals surface area contributed by atoms with Crippen molar-refractivity contribution in [3.63, 3.8) is 0 Å². The molecular weight excluding hydrogens is 272 g/mol. The summed E-state index contributed by atoms with van der Waals surface area (Å²) >= 11 is 1.51. The fraction of sp³-hybridized carbons (Fsp3) is 0.200. The number of aromatic nitrogens is 2. The second kappa shape index (κ2) is 5.09. The first-order chi connectivity index (χ1) is 9.74. The van der Waals surface area contributed by atoms with Crippen LogP contribution in [0.15, 0.2) is 29.8 Å². The van der Waals surface area contributed by atoms with E-state index in [1.165, 1.54) is 11.3 Å². The van der Waals surface area contributed by atoms with Crippen molar-refractivity contribution >= 4 is 22.6 Å². The molecular formula is C15H14N2O2S. The van der Waals surface area contributed by atoms with Crippen molar-refractivity contribution in [2.75, 3.05) is 6.61 Å². The molecule has 3 aromatic rings. The van der Waals surface area contributed by atoms with Crippen LogP contribution >= 0.6 is 11.3 Å². The molecule has 5 heteroatoms. The number of nitrogens with zero attached hydrogens (tertiary/aromatic N) is 2. The number of benzene rings is 1. The molecule has 0 unspecified atom stereocenters. The molecule has 20 heavy (non-hydrogen) atoms. The van der Waals surface area contributed by atoms with Crippen LogP contribution in [0.3, 0.4) is 0 Å². The summed E-state index contributed by atoms with van der Waals surface area (Å²) in [5.74, 6) is 0.756. The maximum atomic E-state index is 11.4. The van der Waals surface area contributed by atoms with E-state index in [2.05, 4.69) is 4.98 Å². The largest absolute Gasteiger partial charge is 0.493 e. The Kier molecular flexibility index (Phi) is 3.28. The Balaban J connectivity index is 2.26. The van der Waals surface area contributed by atoms with Gasteiger partial charge < -0.3 is 4.74 Å². The predicted octanol–water partition coefficient (Wildman–Crippen LogP) is 3.58. The number of rotatable bonds is 4. The monoisotopic (exact) mass is 286 g/mol. The highest BCUT2D eigenvalue weighted by Gasteiger charge is 2.17. The summed E-state index contributed by atoms with van der Waals surface area (Å²) in [4.78, 5) is 16.8. The summed E-state index contributed by atoms with van der Waals surface area (Å²) in [7, 11) is 0. The molecule has 1 aromatic carbocycles. The Morgan fingerprint density at radius 2 is 2.30 bits per heavy atom. The van der Waals surface area contributed by atoms with Crippen LogP contribution in [0.5, 0.6) is 5.75 Å². The van der Waals surface area contributed by atoms with E-state index >= 15 is 0 Å². The predicted molar refractivity (Wildman–Crippen MR) is 79.8 cm³/mol. The van der Waals surface area contributed by atoms with Crippen LogP contribution < -0.4 is 4.74 Å². The van der Waals surface area contributed by atoms with Gasteiger partial charge in [-0.1, -0.05) is 11.6 Å². The fourth-order valence-corrected chi connectivity index (χ4v) is 2.95. The summed E-state index contributed by atoms with van der Waals surface area (Å²) in [5.41, 5.74) is 3.22. The van der Waals surface area contributed by atoms with Gasteiger partial charge in [0.15, 0.2) is 11.2 Å². The molecule has 0 radical (unpaired) electrons. The minimum absolute atomic E-state index is 0.563. The van der Waals surface area contributed by atoms with Crippen LogP contribution in [0, 0.1) is 6.92 Å². The molecule has 0 saturated heterocycles. The lowest BCUT2D eigenvalue weighted by molar-refractivity contribution is 0.111. The van der Waals surface area contributed by atoms with Crippen LogP contribution in [0.1, 0.15) is 23.0 Å². The Bertz CT molecular complexity index is 773. The second-order valence-corrected chi connectivity index (χ2v) is 5.32. The summed E-state index contributed by atoms with van der Waals surface area (Å²) in [6.45, 7) is 4.53. The molecule has 0 amide bonds. The highest BCUT2D eigenvalue weighted by molar-refractivity contribution is 7.15. The van der Waals surface area contributed by atoms with E-state index in [9.17, 15) is 4.79 Å². The van der Waals surface area contributed by atoms with E-state index in [4.69, 9.17) is 4.74 Å². The number of carbonyl (C=O) groups is 1. The molecule has 0 aliphatic carbocycles. The van der Waals surface area contributed by atoms with E-state index in [-0.39, 0.29) is 0 Å². The number of thiazole rings is 1. The molecule has 0 atom stereocenters. The summed E-state index contributed by atoms with van der Waals surface area (Å²) in [5, 5.41) is 1.92. The minimum Gasteiger partial charge on any atom is -0.493 e. The summed E-state index contributed by atoms with van der Waals surface area (Å²) < 4.78 is 7.47. The molecule has 2 aromatic heterocycles. The maximum Gasteiger partial charge on any atom is 0.194 e. The van der Waals surface area contributed by atoms with Crippen LogP contribution in [0.25, 0.3) is 16.2 Å². The quantitative estimate of drug-likeness (QED) is 0.688. The first kappa shape index (κ1) is 12.9. The molecule has 102 valence electrons. The van der Waals surface area contributed by atoms with Crippen LogP contribution in [-0.2, 0) is 0 Å². The molecule has 0 saturated carbocycles. The molecule has 0 spiro atoms. The van der Waals surface area contributed by atoms with Gasteiger partial charge in [0, 0.05) is 17.1 Å². The second-order valence-electron chi connectivity index (χ2n) is 4.45. The number of ether oxygens (including phenoxy) is 1. The van der Waals surface area contributed by atoms with Gasteiger partial charge in [0.1, 0.15) is 17.1 Å². The van der Waals surface area contributed by atoms with Gasteiger partial charge in [-0.2, -0.15) is 0 Å². The zero-order chi connectivity index (χ0) is 14.1.